The second kappa shape index (κ2) is 5.00. The molecule has 1 aromatic carbocycles. The first-order valence-electron chi connectivity index (χ1n) is 6.96. The Morgan fingerprint density at radius 1 is 1.22 bits per heavy atom. The molecule has 3 aliphatic rings. The van der Waals surface area contributed by atoms with Crippen LogP contribution in [0.2, 0.25) is 0 Å². The number of fused-ring (bicyclic) bond motifs is 3. The SMILES string of the molecule is OC1(CNCc2ccccc2)CN2CCC1CC2. The van der Waals surface area contributed by atoms with E-state index < -0.39 is 5.60 Å². The quantitative estimate of drug-likeness (QED) is 0.839. The van der Waals surface area contributed by atoms with Gasteiger partial charge in [-0.2, -0.15) is 0 Å². The third-order valence-electron chi connectivity index (χ3n) is 4.45. The van der Waals surface area contributed by atoms with Crippen molar-refractivity contribution in [2.45, 2.75) is 25.0 Å². The monoisotopic (exact) mass is 246 g/mol. The van der Waals surface area contributed by atoms with E-state index in [0.29, 0.717) is 12.5 Å². The van der Waals surface area contributed by atoms with Crippen molar-refractivity contribution < 1.29 is 5.11 Å². The average Bonchev–Trinajstić information content (AvgIpc) is 2.41. The summed E-state index contributed by atoms with van der Waals surface area (Å²) in [6.07, 6.45) is 2.31. The zero-order chi connectivity index (χ0) is 12.4. The van der Waals surface area contributed by atoms with Crippen LogP contribution in [0.5, 0.6) is 0 Å². The number of rotatable bonds is 4. The molecular weight excluding hydrogens is 224 g/mol. The first-order chi connectivity index (χ1) is 8.76. The van der Waals surface area contributed by atoms with Crippen LogP contribution in [0, 0.1) is 5.92 Å². The van der Waals surface area contributed by atoms with Gasteiger partial charge >= 0.3 is 0 Å². The summed E-state index contributed by atoms with van der Waals surface area (Å²) in [6, 6.07) is 10.4. The van der Waals surface area contributed by atoms with Gasteiger partial charge in [-0.05, 0) is 37.4 Å². The molecule has 0 spiro atoms. The van der Waals surface area contributed by atoms with Gasteiger partial charge in [-0.3, -0.25) is 0 Å². The maximum absolute atomic E-state index is 10.7. The van der Waals surface area contributed by atoms with Crippen LogP contribution in [0.25, 0.3) is 0 Å². The lowest BCUT2D eigenvalue weighted by atomic mass is 9.75. The fourth-order valence-electron chi connectivity index (χ4n) is 3.36. The molecule has 0 radical (unpaired) electrons. The molecule has 98 valence electrons. The summed E-state index contributed by atoms with van der Waals surface area (Å²) < 4.78 is 0. The van der Waals surface area contributed by atoms with Gasteiger partial charge in [0.25, 0.3) is 0 Å². The van der Waals surface area contributed by atoms with Crippen molar-refractivity contribution in [3.63, 3.8) is 0 Å². The van der Waals surface area contributed by atoms with Crippen LogP contribution in [0.15, 0.2) is 30.3 Å². The molecule has 0 saturated carbocycles. The highest BCUT2D eigenvalue weighted by atomic mass is 16.3. The molecule has 3 nitrogen and oxygen atoms in total. The van der Waals surface area contributed by atoms with Crippen LogP contribution >= 0.6 is 0 Å². The Balaban J connectivity index is 1.54. The predicted molar refractivity (Wildman–Crippen MR) is 72.3 cm³/mol. The fourth-order valence-corrected chi connectivity index (χ4v) is 3.36. The minimum atomic E-state index is -0.509. The standard InChI is InChI=1S/C15H22N2O/c18-15(12-17-8-6-14(15)7-9-17)11-16-10-13-4-2-1-3-5-13/h1-5,14,16,18H,6-12H2. The second-order valence-electron chi connectivity index (χ2n) is 5.74. The number of hydrogen-bond acceptors (Lipinski definition) is 3. The fraction of sp³-hybridized carbons (Fsp3) is 0.600. The lowest BCUT2D eigenvalue weighted by molar-refractivity contribution is -0.109. The van der Waals surface area contributed by atoms with Gasteiger partial charge < -0.3 is 15.3 Å². The van der Waals surface area contributed by atoms with E-state index >= 15 is 0 Å². The highest BCUT2D eigenvalue weighted by Crippen LogP contribution is 2.35. The van der Waals surface area contributed by atoms with Gasteiger partial charge in [0.1, 0.15) is 0 Å². The summed E-state index contributed by atoms with van der Waals surface area (Å²) in [6.45, 7) is 4.75. The molecule has 2 N–H and O–H groups in total. The van der Waals surface area contributed by atoms with E-state index in [1.165, 1.54) is 18.7 Å². The first-order valence-corrected chi connectivity index (χ1v) is 6.96. The van der Waals surface area contributed by atoms with E-state index in [2.05, 4.69) is 34.5 Å². The molecular formula is C15H22N2O. The molecule has 3 heteroatoms. The number of nitrogens with one attached hydrogen (secondary N) is 1. The molecule has 3 saturated heterocycles. The zero-order valence-corrected chi connectivity index (χ0v) is 10.8. The number of aliphatic hydroxyl groups is 1. The van der Waals surface area contributed by atoms with Crippen LogP contribution in [0.4, 0.5) is 0 Å². The van der Waals surface area contributed by atoms with Crippen molar-refractivity contribution in [2.75, 3.05) is 26.2 Å². The molecule has 1 unspecified atom stereocenters. The number of piperidine rings is 3. The van der Waals surface area contributed by atoms with E-state index in [-0.39, 0.29) is 0 Å². The summed E-state index contributed by atoms with van der Waals surface area (Å²) in [5, 5.41) is 14.2. The van der Waals surface area contributed by atoms with Gasteiger partial charge in [-0.25, -0.2) is 0 Å². The Morgan fingerprint density at radius 2 is 1.94 bits per heavy atom. The lowest BCUT2D eigenvalue weighted by Crippen LogP contribution is -2.62. The van der Waals surface area contributed by atoms with Crippen LogP contribution in [0.3, 0.4) is 0 Å². The first kappa shape index (κ1) is 12.2. The van der Waals surface area contributed by atoms with E-state index in [1.807, 2.05) is 6.07 Å². The third kappa shape index (κ3) is 2.44. The molecule has 1 aromatic rings. The largest absolute Gasteiger partial charge is 0.387 e. The Kier molecular flexibility index (Phi) is 3.37. The Morgan fingerprint density at radius 3 is 2.56 bits per heavy atom. The maximum atomic E-state index is 10.7. The molecule has 3 aliphatic heterocycles. The van der Waals surface area contributed by atoms with Gasteiger partial charge in [0, 0.05) is 19.6 Å². The lowest BCUT2D eigenvalue weighted by Gasteiger charge is -2.50. The predicted octanol–water partition coefficient (Wildman–Crippen LogP) is 1.23. The molecule has 1 atom stereocenters. The summed E-state index contributed by atoms with van der Waals surface area (Å²) >= 11 is 0. The van der Waals surface area contributed by atoms with Crippen molar-refractivity contribution in [3.8, 4) is 0 Å². The highest BCUT2D eigenvalue weighted by Gasteiger charge is 2.44. The van der Waals surface area contributed by atoms with Crippen molar-refractivity contribution in [3.05, 3.63) is 35.9 Å². The smallest absolute Gasteiger partial charge is 0.0926 e. The molecule has 0 amide bonds. The van der Waals surface area contributed by atoms with Gasteiger partial charge in [0.2, 0.25) is 0 Å². The van der Waals surface area contributed by atoms with E-state index in [0.717, 1.165) is 25.9 Å². The minimum absolute atomic E-state index is 0.491. The summed E-state index contributed by atoms with van der Waals surface area (Å²) in [5.74, 6) is 0.491. The summed E-state index contributed by atoms with van der Waals surface area (Å²) in [7, 11) is 0. The molecule has 0 aromatic heterocycles. The second-order valence-corrected chi connectivity index (χ2v) is 5.74. The molecule has 2 bridgehead atoms. The third-order valence-corrected chi connectivity index (χ3v) is 4.45. The molecule has 0 aliphatic carbocycles. The van der Waals surface area contributed by atoms with Gasteiger partial charge in [0.05, 0.1) is 5.60 Å². The van der Waals surface area contributed by atoms with Crippen molar-refractivity contribution in [1.82, 2.24) is 10.2 Å². The van der Waals surface area contributed by atoms with Crippen molar-refractivity contribution >= 4 is 0 Å². The highest BCUT2D eigenvalue weighted by molar-refractivity contribution is 5.14. The van der Waals surface area contributed by atoms with E-state index in [9.17, 15) is 5.11 Å². The molecule has 18 heavy (non-hydrogen) atoms. The minimum Gasteiger partial charge on any atom is -0.387 e. The van der Waals surface area contributed by atoms with Crippen LogP contribution in [-0.4, -0.2) is 41.8 Å². The number of hydrogen-bond donors (Lipinski definition) is 2. The van der Waals surface area contributed by atoms with Crippen LogP contribution < -0.4 is 5.32 Å². The normalized spacial score (nSPS) is 34.7. The Hall–Kier alpha value is -0.900. The van der Waals surface area contributed by atoms with E-state index in [4.69, 9.17) is 0 Å². The van der Waals surface area contributed by atoms with Gasteiger partial charge in [-0.15, -0.1) is 0 Å². The van der Waals surface area contributed by atoms with Gasteiger partial charge in [0.15, 0.2) is 0 Å². The topological polar surface area (TPSA) is 35.5 Å². The molecule has 4 rings (SSSR count). The summed E-state index contributed by atoms with van der Waals surface area (Å²) in [4.78, 5) is 2.39. The van der Waals surface area contributed by atoms with Crippen LogP contribution in [0.1, 0.15) is 18.4 Å². The van der Waals surface area contributed by atoms with Crippen molar-refractivity contribution in [1.29, 1.82) is 0 Å². The Labute approximate surface area is 109 Å². The number of nitrogens with zero attached hydrogens (tertiary/aromatic N) is 1. The van der Waals surface area contributed by atoms with Gasteiger partial charge in [-0.1, -0.05) is 30.3 Å². The molecule has 3 fully saturated rings. The summed E-state index contributed by atoms with van der Waals surface area (Å²) in [5.41, 5.74) is 0.771. The number of benzene rings is 1. The van der Waals surface area contributed by atoms with Crippen LogP contribution in [-0.2, 0) is 6.54 Å². The van der Waals surface area contributed by atoms with E-state index in [1.54, 1.807) is 0 Å². The van der Waals surface area contributed by atoms with Crippen molar-refractivity contribution in [2.24, 2.45) is 5.92 Å². The zero-order valence-electron chi connectivity index (χ0n) is 10.8. The maximum Gasteiger partial charge on any atom is 0.0926 e. The average molecular weight is 246 g/mol. The Bertz CT molecular complexity index is 387. The molecule has 3 heterocycles.